The van der Waals surface area contributed by atoms with Crippen molar-refractivity contribution in [3.05, 3.63) is 77.9 Å². The van der Waals surface area contributed by atoms with Crippen molar-refractivity contribution in [1.29, 1.82) is 0 Å². The van der Waals surface area contributed by atoms with E-state index in [-0.39, 0.29) is 35.2 Å². The fourth-order valence-corrected chi connectivity index (χ4v) is 5.86. The number of urea groups is 1. The van der Waals surface area contributed by atoms with Gasteiger partial charge in [0.05, 0.1) is 34.3 Å². The van der Waals surface area contributed by atoms with E-state index in [0.717, 1.165) is 40.7 Å². The van der Waals surface area contributed by atoms with Gasteiger partial charge in [-0.15, -0.1) is 0 Å². The molecule has 1 saturated carbocycles. The Morgan fingerprint density at radius 1 is 1.15 bits per heavy atom. The molecule has 46 heavy (non-hydrogen) atoms. The number of aromatic nitrogens is 2. The van der Waals surface area contributed by atoms with Crippen molar-refractivity contribution in [3.8, 4) is 11.1 Å². The molecule has 0 spiro atoms. The summed E-state index contributed by atoms with van der Waals surface area (Å²) in [6.07, 6.45) is 6.04. The number of aliphatic imine (C=N–C) groups is 1. The van der Waals surface area contributed by atoms with Crippen LogP contribution >= 0.6 is 0 Å². The number of benzene rings is 2. The number of carbonyl (C=O) groups is 1. The topological polar surface area (TPSA) is 155 Å². The van der Waals surface area contributed by atoms with Crippen molar-refractivity contribution >= 4 is 34.4 Å². The number of hydrogen-bond donors (Lipinski definition) is 6. The smallest absolute Gasteiger partial charge is 0.319 e. The van der Waals surface area contributed by atoms with Crippen LogP contribution in [0.1, 0.15) is 65.5 Å². The van der Waals surface area contributed by atoms with Crippen LogP contribution in [-0.2, 0) is 6.42 Å². The van der Waals surface area contributed by atoms with E-state index in [4.69, 9.17) is 11.5 Å². The Labute approximate surface area is 269 Å². The molecule has 2 atom stereocenters. The van der Waals surface area contributed by atoms with Gasteiger partial charge in [-0.3, -0.25) is 0 Å². The first-order valence-corrected chi connectivity index (χ1v) is 15.7. The number of amidine groups is 1. The lowest BCUT2D eigenvalue weighted by Crippen LogP contribution is -2.51. The minimum absolute atomic E-state index is 0.0480. The number of halogens is 1. The molecule has 0 saturated heterocycles. The third-order valence-corrected chi connectivity index (χ3v) is 9.35. The van der Waals surface area contributed by atoms with Crippen LogP contribution in [0.4, 0.5) is 26.2 Å². The Morgan fingerprint density at radius 3 is 2.50 bits per heavy atom. The second kappa shape index (κ2) is 12.4. The number of amides is 2. The first-order chi connectivity index (χ1) is 21.6. The second-order valence-corrected chi connectivity index (χ2v) is 13.7. The van der Waals surface area contributed by atoms with Crippen molar-refractivity contribution in [2.75, 3.05) is 17.2 Å². The molecule has 0 bridgehead atoms. The number of carbonyl (C=O) groups excluding carboxylic acids is 1. The molecule has 1 fully saturated rings. The number of nitrogens with one attached hydrogen (secondary N) is 3. The van der Waals surface area contributed by atoms with Crippen LogP contribution in [0.3, 0.4) is 0 Å². The van der Waals surface area contributed by atoms with Gasteiger partial charge in [-0.25, -0.2) is 18.7 Å². The Hall–Kier alpha value is -4.48. The lowest BCUT2D eigenvalue weighted by molar-refractivity contribution is 0.0826. The van der Waals surface area contributed by atoms with Gasteiger partial charge in [0, 0.05) is 41.0 Å². The first kappa shape index (κ1) is 32.9. The van der Waals surface area contributed by atoms with E-state index in [2.05, 4.69) is 46.8 Å². The summed E-state index contributed by atoms with van der Waals surface area (Å²) in [5.74, 6) is -0.150. The summed E-state index contributed by atoms with van der Waals surface area (Å²) in [4.78, 5) is 16.9. The zero-order chi connectivity index (χ0) is 33.4. The second-order valence-electron chi connectivity index (χ2n) is 13.7. The number of fused-ring (bicyclic) bond motifs is 1. The molecule has 4 aromatic rings. The van der Waals surface area contributed by atoms with Crippen molar-refractivity contribution < 1.29 is 14.3 Å². The van der Waals surface area contributed by atoms with Crippen LogP contribution < -0.4 is 27.4 Å². The Morgan fingerprint density at radius 2 is 1.87 bits per heavy atom. The molecule has 8 N–H and O–H groups in total. The molecule has 2 aromatic heterocycles. The van der Waals surface area contributed by atoms with Gasteiger partial charge < -0.3 is 32.5 Å². The normalized spacial score (nSPS) is 19.8. The van der Waals surface area contributed by atoms with Crippen LogP contribution in [0.15, 0.2) is 65.9 Å². The fraction of sp³-hybridized carbons (Fsp3) is 0.400. The summed E-state index contributed by atoms with van der Waals surface area (Å²) < 4.78 is 16.0. The number of hydrogen-bond acceptors (Lipinski definition) is 6. The van der Waals surface area contributed by atoms with E-state index in [1.165, 1.54) is 12.1 Å². The van der Waals surface area contributed by atoms with Crippen LogP contribution in [0.2, 0.25) is 0 Å². The maximum Gasteiger partial charge on any atom is 0.319 e. The van der Waals surface area contributed by atoms with Gasteiger partial charge in [-0.05, 0) is 81.5 Å². The highest BCUT2D eigenvalue weighted by Crippen LogP contribution is 2.46. The minimum Gasteiger partial charge on any atom is -0.389 e. The summed E-state index contributed by atoms with van der Waals surface area (Å²) in [5.41, 5.74) is 17.8. The highest BCUT2D eigenvalue weighted by atomic mass is 19.1. The van der Waals surface area contributed by atoms with Crippen molar-refractivity contribution in [3.63, 3.8) is 0 Å². The third-order valence-electron chi connectivity index (χ3n) is 9.35. The standard InChI is InChI=1S/C35H45FN8O2/c1-7-21-8-11-24(36)17-27(21)42-31(37)26-18-40-44-19-23(16-28(44)30(26)43-29-14-15-35(6,38)34(29,4)5)22-9-12-25(13-10-22)41-32(45)39-20-33(2,3)46/h8-13,16-19,29,43,46H,7,14-15,20,38H2,1-6H3,(H2,37,42)(H2,39,41,45)/t29-,35+/m1/s1. The lowest BCUT2D eigenvalue weighted by atomic mass is 9.75. The fourth-order valence-electron chi connectivity index (χ4n) is 5.86. The van der Waals surface area contributed by atoms with Gasteiger partial charge >= 0.3 is 6.03 Å². The average Bonchev–Trinajstić information content (AvgIpc) is 3.50. The molecule has 1 aliphatic rings. The maximum atomic E-state index is 14.2. The summed E-state index contributed by atoms with van der Waals surface area (Å²) in [6.45, 7) is 11.8. The van der Waals surface area contributed by atoms with E-state index < -0.39 is 11.6 Å². The van der Waals surface area contributed by atoms with E-state index >= 15 is 0 Å². The van der Waals surface area contributed by atoms with Gasteiger partial charge in [0.2, 0.25) is 0 Å². The largest absolute Gasteiger partial charge is 0.389 e. The molecular weight excluding hydrogens is 583 g/mol. The van der Waals surface area contributed by atoms with E-state index in [0.29, 0.717) is 23.4 Å². The Balaban J connectivity index is 1.52. The van der Waals surface area contributed by atoms with Gasteiger partial charge in [-0.1, -0.05) is 39.0 Å². The highest BCUT2D eigenvalue weighted by Gasteiger charge is 2.49. The summed E-state index contributed by atoms with van der Waals surface area (Å²) in [6, 6.07) is 13.7. The Kier molecular flexibility index (Phi) is 8.85. The average molecular weight is 629 g/mol. The molecule has 244 valence electrons. The number of anilines is 2. The molecule has 10 nitrogen and oxygen atoms in total. The monoisotopic (exact) mass is 628 g/mol. The van der Waals surface area contributed by atoms with Crippen LogP contribution in [0, 0.1) is 11.2 Å². The molecule has 2 aromatic carbocycles. The summed E-state index contributed by atoms with van der Waals surface area (Å²) in [5, 5.41) is 23.8. The highest BCUT2D eigenvalue weighted by molar-refractivity contribution is 6.06. The van der Waals surface area contributed by atoms with E-state index in [1.54, 1.807) is 30.6 Å². The molecule has 5 rings (SSSR count). The zero-order valence-electron chi connectivity index (χ0n) is 27.4. The number of aliphatic hydroxyl groups is 1. The van der Waals surface area contributed by atoms with Gasteiger partial charge in [0.25, 0.3) is 0 Å². The van der Waals surface area contributed by atoms with Crippen LogP contribution in [0.5, 0.6) is 0 Å². The predicted molar refractivity (Wildman–Crippen MR) is 183 cm³/mol. The maximum absolute atomic E-state index is 14.2. The van der Waals surface area contributed by atoms with E-state index in [1.807, 2.05) is 43.5 Å². The SMILES string of the molecule is CCc1ccc(F)cc1/N=C(\N)c1cnn2cc(-c3ccc(NC(=O)NCC(C)(C)O)cc3)cc2c1N[C@@H]1CC[C@](C)(N)C1(C)C. The van der Waals surface area contributed by atoms with Crippen molar-refractivity contribution in [2.45, 2.75) is 78.0 Å². The van der Waals surface area contributed by atoms with Gasteiger partial charge in [0.1, 0.15) is 11.7 Å². The quantitative estimate of drug-likeness (QED) is 0.0994. The number of nitrogens with zero attached hydrogens (tertiary/aromatic N) is 3. The molecule has 0 unspecified atom stereocenters. The Bertz CT molecular complexity index is 1770. The van der Waals surface area contributed by atoms with Crippen LogP contribution in [-0.4, -0.2) is 50.3 Å². The van der Waals surface area contributed by atoms with Gasteiger partial charge in [-0.2, -0.15) is 5.10 Å². The molecule has 2 amide bonds. The van der Waals surface area contributed by atoms with Crippen LogP contribution in [0.25, 0.3) is 16.6 Å². The lowest BCUT2D eigenvalue weighted by Gasteiger charge is -2.39. The number of aryl methyl sites for hydroxylation is 1. The van der Waals surface area contributed by atoms with E-state index in [9.17, 15) is 14.3 Å². The van der Waals surface area contributed by atoms with Gasteiger partial charge in [0.15, 0.2) is 0 Å². The third kappa shape index (κ3) is 6.85. The molecule has 0 aliphatic heterocycles. The molecule has 11 heteroatoms. The molecule has 2 heterocycles. The zero-order valence-corrected chi connectivity index (χ0v) is 27.4. The molecule has 0 radical (unpaired) electrons. The minimum atomic E-state index is -1.01. The number of nitrogens with two attached hydrogens (primary N) is 2. The number of rotatable bonds is 9. The first-order valence-electron chi connectivity index (χ1n) is 15.7. The summed E-state index contributed by atoms with van der Waals surface area (Å²) >= 11 is 0. The predicted octanol–water partition coefficient (Wildman–Crippen LogP) is 5.95. The van der Waals surface area contributed by atoms with Crippen molar-refractivity contribution in [2.24, 2.45) is 21.9 Å². The molecule has 1 aliphatic carbocycles. The summed E-state index contributed by atoms with van der Waals surface area (Å²) in [7, 11) is 0. The van der Waals surface area contributed by atoms with Crippen molar-refractivity contribution in [1.82, 2.24) is 14.9 Å². The molecular formula is C35H45FN8O2.